The molecule has 0 spiro atoms. The van der Waals surface area contributed by atoms with Crippen molar-refractivity contribution in [2.45, 2.75) is 26.2 Å². The topological polar surface area (TPSA) is 93.9 Å². The summed E-state index contributed by atoms with van der Waals surface area (Å²) < 4.78 is 5.23. The first-order valence-corrected chi connectivity index (χ1v) is 8.09. The van der Waals surface area contributed by atoms with Crippen molar-refractivity contribution in [3.8, 4) is 5.75 Å². The average molecular weight is 446 g/mol. The monoisotopic (exact) mass is 446 g/mol. The van der Waals surface area contributed by atoms with E-state index in [1.165, 1.54) is 12.8 Å². The number of nitrogens with two attached hydrogens (primary N) is 2. The highest BCUT2D eigenvalue weighted by molar-refractivity contribution is 14.0. The minimum atomic E-state index is -0.481. The molecule has 1 aromatic rings. The molecule has 1 aliphatic heterocycles. The van der Waals surface area contributed by atoms with Gasteiger partial charge in [0.1, 0.15) is 5.75 Å². The van der Waals surface area contributed by atoms with Crippen molar-refractivity contribution in [2.24, 2.45) is 22.4 Å². The first-order chi connectivity index (χ1) is 11.0. The van der Waals surface area contributed by atoms with E-state index in [0.717, 1.165) is 25.1 Å². The SMILES string of the molecule is CC1CCCN(C(N)=NCCc2ccc(OCC(N)=O)cc2)C1.I. The molecule has 0 bridgehead atoms. The summed E-state index contributed by atoms with van der Waals surface area (Å²) in [6.45, 7) is 4.82. The number of guanidine groups is 1. The van der Waals surface area contributed by atoms with Gasteiger partial charge in [-0.25, -0.2) is 0 Å². The van der Waals surface area contributed by atoms with E-state index in [4.69, 9.17) is 16.2 Å². The summed E-state index contributed by atoms with van der Waals surface area (Å²) in [5, 5.41) is 0. The van der Waals surface area contributed by atoms with E-state index in [1.807, 2.05) is 24.3 Å². The number of primary amides is 1. The van der Waals surface area contributed by atoms with E-state index >= 15 is 0 Å². The van der Waals surface area contributed by atoms with Crippen molar-refractivity contribution in [3.05, 3.63) is 29.8 Å². The van der Waals surface area contributed by atoms with E-state index in [-0.39, 0.29) is 30.6 Å². The molecule has 1 aliphatic rings. The molecule has 1 amide bonds. The number of ether oxygens (including phenoxy) is 1. The van der Waals surface area contributed by atoms with Crippen LogP contribution in [0.1, 0.15) is 25.3 Å². The molecule has 1 saturated heterocycles. The first kappa shape index (κ1) is 20.5. The van der Waals surface area contributed by atoms with Crippen LogP contribution in [0.4, 0.5) is 0 Å². The third-order valence-electron chi connectivity index (χ3n) is 3.96. The molecule has 1 heterocycles. The molecule has 1 atom stereocenters. The number of hydrogen-bond donors (Lipinski definition) is 2. The van der Waals surface area contributed by atoms with Gasteiger partial charge in [0.25, 0.3) is 5.91 Å². The average Bonchev–Trinajstić information content (AvgIpc) is 2.54. The van der Waals surface area contributed by atoms with Crippen molar-refractivity contribution >= 4 is 35.8 Å². The van der Waals surface area contributed by atoms with Gasteiger partial charge in [0, 0.05) is 19.6 Å². The number of halogens is 1. The molecular weight excluding hydrogens is 419 g/mol. The number of rotatable bonds is 6. The standard InChI is InChI=1S/C17H26N4O2.HI/c1-13-3-2-10-21(11-13)17(19)20-9-8-14-4-6-15(7-5-14)23-12-16(18)22;/h4-7,13H,2-3,8-12H2,1H3,(H2,18,22)(H2,19,20);1H. The van der Waals surface area contributed by atoms with Gasteiger partial charge in [-0.3, -0.25) is 9.79 Å². The fourth-order valence-corrected chi connectivity index (χ4v) is 2.70. The highest BCUT2D eigenvalue weighted by atomic mass is 127. The smallest absolute Gasteiger partial charge is 0.255 e. The maximum atomic E-state index is 10.7. The predicted molar refractivity (Wildman–Crippen MR) is 107 cm³/mol. The molecule has 7 heteroatoms. The number of likely N-dealkylation sites (tertiary alicyclic amines) is 1. The van der Waals surface area contributed by atoms with Crippen LogP contribution >= 0.6 is 24.0 Å². The van der Waals surface area contributed by atoms with Crippen LogP contribution in [0.25, 0.3) is 0 Å². The number of carbonyl (C=O) groups excluding carboxylic acids is 1. The van der Waals surface area contributed by atoms with Crippen molar-refractivity contribution in [3.63, 3.8) is 0 Å². The van der Waals surface area contributed by atoms with E-state index in [2.05, 4.69) is 16.8 Å². The van der Waals surface area contributed by atoms with Crippen LogP contribution in [0, 0.1) is 5.92 Å². The summed E-state index contributed by atoms with van der Waals surface area (Å²) in [6, 6.07) is 7.59. The lowest BCUT2D eigenvalue weighted by Crippen LogP contribution is -2.43. The Morgan fingerprint density at radius 2 is 2.04 bits per heavy atom. The Kier molecular flexibility index (Phi) is 8.88. The fraction of sp³-hybridized carbons (Fsp3) is 0.529. The molecule has 134 valence electrons. The Balaban J connectivity index is 0.00000288. The molecule has 6 nitrogen and oxygen atoms in total. The maximum absolute atomic E-state index is 10.7. The lowest BCUT2D eigenvalue weighted by molar-refractivity contribution is -0.119. The van der Waals surface area contributed by atoms with Gasteiger partial charge in [-0.05, 0) is 42.9 Å². The van der Waals surface area contributed by atoms with Gasteiger partial charge in [0.2, 0.25) is 0 Å². The minimum Gasteiger partial charge on any atom is -0.484 e. The highest BCUT2D eigenvalue weighted by Gasteiger charge is 2.17. The lowest BCUT2D eigenvalue weighted by atomic mass is 10.0. The van der Waals surface area contributed by atoms with Crippen LogP contribution in [0.3, 0.4) is 0 Å². The van der Waals surface area contributed by atoms with Crippen LogP contribution in [-0.2, 0) is 11.2 Å². The largest absolute Gasteiger partial charge is 0.484 e. The van der Waals surface area contributed by atoms with E-state index in [9.17, 15) is 4.79 Å². The third kappa shape index (κ3) is 6.94. The number of benzene rings is 1. The second-order valence-corrected chi connectivity index (χ2v) is 6.08. The predicted octanol–water partition coefficient (Wildman–Crippen LogP) is 1.76. The number of hydrogen-bond acceptors (Lipinski definition) is 3. The number of amides is 1. The molecule has 2 rings (SSSR count). The summed E-state index contributed by atoms with van der Waals surface area (Å²) in [4.78, 5) is 17.3. The maximum Gasteiger partial charge on any atom is 0.255 e. The van der Waals surface area contributed by atoms with E-state index < -0.39 is 5.91 Å². The molecular formula is C17H27IN4O2. The van der Waals surface area contributed by atoms with Crippen molar-refractivity contribution in [2.75, 3.05) is 26.2 Å². The van der Waals surface area contributed by atoms with Crippen molar-refractivity contribution in [1.29, 1.82) is 0 Å². The Bertz CT molecular complexity index is 548. The minimum absolute atomic E-state index is 0. The van der Waals surface area contributed by atoms with E-state index in [0.29, 0.717) is 24.2 Å². The second-order valence-electron chi connectivity index (χ2n) is 6.08. The van der Waals surface area contributed by atoms with Crippen LogP contribution in [-0.4, -0.2) is 43.0 Å². The molecule has 1 aromatic carbocycles. The van der Waals surface area contributed by atoms with Crippen LogP contribution in [0.5, 0.6) is 5.75 Å². The summed E-state index contributed by atoms with van der Waals surface area (Å²) in [7, 11) is 0. The quantitative estimate of drug-likeness (QED) is 0.396. The van der Waals surface area contributed by atoms with Gasteiger partial charge in [0.05, 0.1) is 0 Å². The zero-order chi connectivity index (χ0) is 16.7. The zero-order valence-corrected chi connectivity index (χ0v) is 16.4. The fourth-order valence-electron chi connectivity index (χ4n) is 2.70. The summed E-state index contributed by atoms with van der Waals surface area (Å²) in [5.41, 5.74) is 12.3. The molecule has 24 heavy (non-hydrogen) atoms. The summed E-state index contributed by atoms with van der Waals surface area (Å²) in [6.07, 6.45) is 3.28. The Morgan fingerprint density at radius 1 is 1.33 bits per heavy atom. The molecule has 0 aromatic heterocycles. The van der Waals surface area contributed by atoms with Crippen LogP contribution in [0.15, 0.2) is 29.3 Å². The van der Waals surface area contributed by atoms with Gasteiger partial charge in [-0.2, -0.15) is 0 Å². The first-order valence-electron chi connectivity index (χ1n) is 8.09. The normalized spacial score (nSPS) is 18.0. The number of carbonyl (C=O) groups is 1. The molecule has 0 aliphatic carbocycles. The highest BCUT2D eigenvalue weighted by Crippen LogP contribution is 2.15. The number of piperidine rings is 1. The van der Waals surface area contributed by atoms with Gasteiger partial charge in [-0.15, -0.1) is 24.0 Å². The molecule has 0 radical (unpaired) electrons. The summed E-state index contributed by atoms with van der Waals surface area (Å²) >= 11 is 0. The van der Waals surface area contributed by atoms with Gasteiger partial charge < -0.3 is 21.1 Å². The molecule has 1 unspecified atom stereocenters. The summed E-state index contributed by atoms with van der Waals surface area (Å²) in [5.74, 6) is 1.49. The Morgan fingerprint density at radius 3 is 2.67 bits per heavy atom. The zero-order valence-electron chi connectivity index (χ0n) is 14.1. The molecule has 0 saturated carbocycles. The lowest BCUT2D eigenvalue weighted by Gasteiger charge is -2.31. The van der Waals surface area contributed by atoms with E-state index in [1.54, 1.807) is 0 Å². The molecule has 1 fully saturated rings. The third-order valence-corrected chi connectivity index (χ3v) is 3.96. The number of nitrogens with zero attached hydrogens (tertiary/aromatic N) is 2. The van der Waals surface area contributed by atoms with Crippen LogP contribution < -0.4 is 16.2 Å². The van der Waals surface area contributed by atoms with Crippen LogP contribution in [0.2, 0.25) is 0 Å². The van der Waals surface area contributed by atoms with Gasteiger partial charge in [0.15, 0.2) is 12.6 Å². The van der Waals surface area contributed by atoms with Gasteiger partial charge in [-0.1, -0.05) is 19.1 Å². The van der Waals surface area contributed by atoms with Gasteiger partial charge >= 0.3 is 0 Å². The van der Waals surface area contributed by atoms with Crippen molar-refractivity contribution in [1.82, 2.24) is 4.90 Å². The number of aliphatic imine (C=N–C) groups is 1. The second kappa shape index (κ2) is 10.4. The van der Waals surface area contributed by atoms with Crippen molar-refractivity contribution < 1.29 is 9.53 Å². The Hall–Kier alpha value is -1.51. The Labute approximate surface area is 160 Å². The molecule has 4 N–H and O–H groups in total.